The second-order valence-corrected chi connectivity index (χ2v) is 3.24. The predicted octanol–water partition coefficient (Wildman–Crippen LogP) is 2.50. The van der Waals surface area contributed by atoms with E-state index >= 15 is 0 Å². The molecule has 0 radical (unpaired) electrons. The minimum atomic E-state index is -4.41. The van der Waals surface area contributed by atoms with Crippen LogP contribution in [-0.2, 0) is 14.3 Å². The molecule has 0 aliphatic rings. The highest BCUT2D eigenvalue weighted by atomic mass is 19.4. The van der Waals surface area contributed by atoms with Crippen molar-refractivity contribution in [2.45, 2.75) is 39.7 Å². The van der Waals surface area contributed by atoms with Crippen molar-refractivity contribution < 1.29 is 27.4 Å². The zero-order chi connectivity index (χ0) is 12.1. The van der Waals surface area contributed by atoms with Gasteiger partial charge in [-0.2, -0.15) is 13.2 Å². The number of ether oxygens (including phenoxy) is 2. The van der Waals surface area contributed by atoms with Crippen LogP contribution in [0.15, 0.2) is 0 Å². The third-order valence-corrected chi connectivity index (χ3v) is 1.78. The van der Waals surface area contributed by atoms with Gasteiger partial charge < -0.3 is 9.47 Å². The first-order valence-corrected chi connectivity index (χ1v) is 4.65. The Morgan fingerprint density at radius 3 is 2.27 bits per heavy atom. The quantitative estimate of drug-likeness (QED) is 0.535. The number of hydrogen-bond donors (Lipinski definition) is 0. The van der Waals surface area contributed by atoms with Crippen LogP contribution in [0.2, 0.25) is 0 Å². The van der Waals surface area contributed by atoms with Crippen LogP contribution in [-0.4, -0.2) is 25.0 Å². The predicted molar refractivity (Wildman–Crippen MR) is 47.0 cm³/mol. The molecule has 90 valence electrons. The summed E-state index contributed by atoms with van der Waals surface area (Å²) in [5.74, 6) is -0.880. The molecule has 0 aliphatic heterocycles. The highest BCUT2D eigenvalue weighted by Crippen LogP contribution is 2.16. The lowest BCUT2D eigenvalue weighted by molar-refractivity contribution is -0.225. The molecule has 0 spiro atoms. The van der Waals surface area contributed by atoms with Gasteiger partial charge in [0.05, 0.1) is 5.92 Å². The number of halogens is 3. The Hall–Kier alpha value is -0.780. The van der Waals surface area contributed by atoms with Crippen molar-refractivity contribution in [3.63, 3.8) is 0 Å². The minimum Gasteiger partial charge on any atom is -0.436 e. The summed E-state index contributed by atoms with van der Waals surface area (Å²) in [5, 5.41) is 0. The molecule has 3 nitrogen and oxygen atoms in total. The maximum absolute atomic E-state index is 11.7. The van der Waals surface area contributed by atoms with Gasteiger partial charge in [-0.15, -0.1) is 0 Å². The summed E-state index contributed by atoms with van der Waals surface area (Å²) in [6.07, 6.45) is -5.00. The van der Waals surface area contributed by atoms with E-state index in [2.05, 4.69) is 9.47 Å². The molecule has 0 aliphatic carbocycles. The van der Waals surface area contributed by atoms with Crippen LogP contribution < -0.4 is 0 Å². The molecular weight excluding hydrogens is 213 g/mol. The first-order valence-electron chi connectivity index (χ1n) is 4.65. The maximum atomic E-state index is 11.7. The van der Waals surface area contributed by atoms with Gasteiger partial charge in [0, 0.05) is 0 Å². The molecule has 0 aromatic rings. The molecule has 0 fully saturated rings. The van der Waals surface area contributed by atoms with Gasteiger partial charge in [0.25, 0.3) is 0 Å². The molecular formula is C9H15F3O3. The molecule has 2 unspecified atom stereocenters. The van der Waals surface area contributed by atoms with Crippen molar-refractivity contribution in [3.8, 4) is 0 Å². The van der Waals surface area contributed by atoms with Crippen molar-refractivity contribution in [3.05, 3.63) is 0 Å². The Labute approximate surface area is 86.5 Å². The summed E-state index contributed by atoms with van der Waals surface area (Å²) >= 11 is 0. The molecule has 0 heterocycles. The summed E-state index contributed by atoms with van der Waals surface area (Å²) in [4.78, 5) is 11.1. The van der Waals surface area contributed by atoms with E-state index in [-0.39, 0.29) is 5.92 Å². The molecule has 0 saturated heterocycles. The molecule has 6 heteroatoms. The highest BCUT2D eigenvalue weighted by Gasteiger charge is 2.29. The van der Waals surface area contributed by atoms with E-state index in [1.807, 2.05) is 0 Å². The Kier molecular flexibility index (Phi) is 5.64. The molecule has 15 heavy (non-hydrogen) atoms. The average Bonchev–Trinajstić information content (AvgIpc) is 2.12. The van der Waals surface area contributed by atoms with Crippen molar-refractivity contribution in [2.75, 3.05) is 6.61 Å². The highest BCUT2D eigenvalue weighted by molar-refractivity contribution is 5.71. The smallest absolute Gasteiger partial charge is 0.411 e. The molecule has 0 aromatic carbocycles. The molecule has 0 N–H and O–H groups in total. The topological polar surface area (TPSA) is 35.5 Å². The molecule has 2 atom stereocenters. The van der Waals surface area contributed by atoms with Gasteiger partial charge in [-0.3, -0.25) is 4.79 Å². The SMILES string of the molecule is CCC(C)C(=O)OC(C)OCC(F)(F)F. The van der Waals surface area contributed by atoms with Gasteiger partial charge in [-0.1, -0.05) is 13.8 Å². The van der Waals surface area contributed by atoms with Crippen molar-refractivity contribution >= 4 is 5.97 Å². The summed E-state index contributed by atoms with van der Waals surface area (Å²) in [7, 11) is 0. The number of esters is 1. The van der Waals surface area contributed by atoms with Crippen molar-refractivity contribution in [1.82, 2.24) is 0 Å². The second-order valence-electron chi connectivity index (χ2n) is 3.24. The fraction of sp³-hybridized carbons (Fsp3) is 0.889. The van der Waals surface area contributed by atoms with Gasteiger partial charge in [0.2, 0.25) is 6.29 Å². The van der Waals surface area contributed by atoms with Crippen LogP contribution in [0.3, 0.4) is 0 Å². The number of rotatable bonds is 5. The lowest BCUT2D eigenvalue weighted by Crippen LogP contribution is -2.27. The maximum Gasteiger partial charge on any atom is 0.411 e. The third-order valence-electron chi connectivity index (χ3n) is 1.78. The summed E-state index contributed by atoms with van der Waals surface area (Å²) in [6, 6.07) is 0. The fourth-order valence-electron chi connectivity index (χ4n) is 0.692. The number of carbonyl (C=O) groups excluding carboxylic acids is 1. The number of alkyl halides is 3. The zero-order valence-electron chi connectivity index (χ0n) is 8.93. The van der Waals surface area contributed by atoms with Crippen LogP contribution in [0.5, 0.6) is 0 Å². The van der Waals surface area contributed by atoms with Crippen LogP contribution in [0, 0.1) is 5.92 Å². The number of hydrogen-bond acceptors (Lipinski definition) is 3. The van der Waals surface area contributed by atoms with Gasteiger partial charge in [-0.05, 0) is 13.3 Å². The van der Waals surface area contributed by atoms with Crippen molar-refractivity contribution in [1.29, 1.82) is 0 Å². The van der Waals surface area contributed by atoms with Gasteiger partial charge in [-0.25, -0.2) is 0 Å². The molecule has 0 rings (SSSR count). The van der Waals surface area contributed by atoms with E-state index in [0.29, 0.717) is 6.42 Å². The van der Waals surface area contributed by atoms with E-state index in [0.717, 1.165) is 0 Å². The standard InChI is InChI=1S/C9H15F3O3/c1-4-6(2)8(13)15-7(3)14-5-9(10,11)12/h6-7H,4-5H2,1-3H3. The second kappa shape index (κ2) is 5.95. The van der Waals surface area contributed by atoms with E-state index in [4.69, 9.17) is 0 Å². The summed E-state index contributed by atoms with van der Waals surface area (Å²) in [6.45, 7) is 3.26. The first kappa shape index (κ1) is 14.2. The largest absolute Gasteiger partial charge is 0.436 e. The van der Waals surface area contributed by atoms with E-state index < -0.39 is 25.0 Å². The first-order chi connectivity index (χ1) is 6.76. The van der Waals surface area contributed by atoms with Gasteiger partial charge >= 0.3 is 12.1 Å². The van der Waals surface area contributed by atoms with Crippen molar-refractivity contribution in [2.24, 2.45) is 5.92 Å². The lowest BCUT2D eigenvalue weighted by atomic mass is 10.1. The van der Waals surface area contributed by atoms with E-state index in [1.54, 1.807) is 13.8 Å². The Bertz CT molecular complexity index is 203. The van der Waals surface area contributed by atoms with Gasteiger partial charge in [0.15, 0.2) is 0 Å². The monoisotopic (exact) mass is 228 g/mol. The normalized spacial score (nSPS) is 15.9. The average molecular weight is 228 g/mol. The zero-order valence-corrected chi connectivity index (χ0v) is 8.93. The Morgan fingerprint density at radius 2 is 1.87 bits per heavy atom. The number of carbonyl (C=O) groups is 1. The van der Waals surface area contributed by atoms with E-state index in [1.165, 1.54) is 6.92 Å². The minimum absolute atomic E-state index is 0.332. The Balaban J connectivity index is 3.84. The molecule has 0 amide bonds. The molecule has 0 saturated carbocycles. The molecule has 0 aromatic heterocycles. The lowest BCUT2D eigenvalue weighted by Gasteiger charge is -2.17. The molecule has 0 bridgehead atoms. The van der Waals surface area contributed by atoms with Crippen LogP contribution in [0.25, 0.3) is 0 Å². The summed E-state index contributed by atoms with van der Waals surface area (Å²) in [5.41, 5.74) is 0. The van der Waals surface area contributed by atoms with Crippen LogP contribution in [0.4, 0.5) is 13.2 Å². The Morgan fingerprint density at radius 1 is 1.33 bits per heavy atom. The van der Waals surface area contributed by atoms with Crippen LogP contribution >= 0.6 is 0 Å². The van der Waals surface area contributed by atoms with Gasteiger partial charge in [0.1, 0.15) is 6.61 Å². The van der Waals surface area contributed by atoms with Crippen LogP contribution in [0.1, 0.15) is 27.2 Å². The summed E-state index contributed by atoms with van der Waals surface area (Å²) < 4.78 is 44.1. The van der Waals surface area contributed by atoms with E-state index in [9.17, 15) is 18.0 Å². The fourth-order valence-corrected chi connectivity index (χ4v) is 0.692. The third kappa shape index (κ3) is 7.18.